The third kappa shape index (κ3) is 8.39. The molecule has 12 heteroatoms. The van der Waals surface area contributed by atoms with Gasteiger partial charge in [-0.05, 0) is 54.8 Å². The summed E-state index contributed by atoms with van der Waals surface area (Å²) in [7, 11) is -3.82. The fourth-order valence-corrected chi connectivity index (χ4v) is 5.03. The van der Waals surface area contributed by atoms with Crippen LogP contribution in [-0.4, -0.2) is 51.9 Å². The highest BCUT2D eigenvalue weighted by molar-refractivity contribution is 7.92. The maximum absolute atomic E-state index is 12.3. The number of hydrogen-bond donors (Lipinski definition) is 2. The smallest absolute Gasteiger partial charge is 0.260 e. The third-order valence-corrected chi connectivity index (χ3v) is 7.45. The van der Waals surface area contributed by atoms with Crippen molar-refractivity contribution in [3.8, 4) is 5.75 Å². The number of anilines is 1. The average Bonchev–Trinajstić information content (AvgIpc) is 2.84. The van der Waals surface area contributed by atoms with Gasteiger partial charge >= 0.3 is 0 Å². The van der Waals surface area contributed by atoms with E-state index in [2.05, 4.69) is 15.8 Å². The minimum absolute atomic E-state index is 0.0228. The number of ether oxygens (including phenoxy) is 1. The Hall–Kier alpha value is -2.82. The van der Waals surface area contributed by atoms with E-state index in [1.165, 1.54) is 30.8 Å². The average molecular weight is 555 g/mol. The summed E-state index contributed by atoms with van der Waals surface area (Å²) in [6.45, 7) is -0.598. The van der Waals surface area contributed by atoms with E-state index in [1.807, 2.05) is 0 Å². The van der Waals surface area contributed by atoms with E-state index in [1.54, 1.807) is 24.3 Å². The van der Waals surface area contributed by atoms with Crippen molar-refractivity contribution in [3.63, 3.8) is 0 Å². The van der Waals surface area contributed by atoms with Gasteiger partial charge < -0.3 is 10.1 Å². The van der Waals surface area contributed by atoms with Crippen LogP contribution in [0.2, 0.25) is 10.0 Å². The predicted molar refractivity (Wildman–Crippen MR) is 141 cm³/mol. The monoisotopic (exact) mass is 554 g/mol. The zero-order valence-corrected chi connectivity index (χ0v) is 22.1. The minimum Gasteiger partial charge on any atom is -0.484 e. The molecule has 9 nitrogen and oxygen atoms in total. The Morgan fingerprint density at radius 1 is 1.08 bits per heavy atom. The summed E-state index contributed by atoms with van der Waals surface area (Å²) >= 11 is 12.1. The molecule has 0 aliphatic heterocycles. The Morgan fingerprint density at radius 3 is 2.44 bits per heavy atom. The molecule has 0 spiro atoms. The molecule has 194 valence electrons. The second kappa shape index (κ2) is 12.9. The van der Waals surface area contributed by atoms with Crippen LogP contribution in [0.3, 0.4) is 0 Å². The molecule has 2 N–H and O–H groups in total. The highest BCUT2D eigenvalue weighted by atomic mass is 35.5. The number of carbonyl (C=O) groups is 2. The minimum atomic E-state index is -3.82. The molecule has 1 fully saturated rings. The van der Waals surface area contributed by atoms with Crippen LogP contribution in [0.1, 0.15) is 37.7 Å². The van der Waals surface area contributed by atoms with Crippen molar-refractivity contribution in [2.45, 2.75) is 38.1 Å². The van der Waals surface area contributed by atoms with Crippen molar-refractivity contribution >= 4 is 56.9 Å². The first-order chi connectivity index (χ1) is 17.1. The van der Waals surface area contributed by atoms with Gasteiger partial charge in [0.15, 0.2) is 6.61 Å². The summed E-state index contributed by atoms with van der Waals surface area (Å²) in [6.07, 6.45) is 7.88. The lowest BCUT2D eigenvalue weighted by molar-refractivity contribution is -0.124. The van der Waals surface area contributed by atoms with Gasteiger partial charge in [0.2, 0.25) is 10.0 Å². The van der Waals surface area contributed by atoms with Gasteiger partial charge in [-0.3, -0.25) is 13.9 Å². The molecule has 2 amide bonds. The lowest BCUT2D eigenvalue weighted by Gasteiger charge is -2.22. The van der Waals surface area contributed by atoms with Crippen LogP contribution < -0.4 is 19.8 Å². The zero-order valence-electron chi connectivity index (χ0n) is 19.7. The summed E-state index contributed by atoms with van der Waals surface area (Å²) in [5, 5.41) is 7.05. The molecule has 0 aromatic heterocycles. The zero-order chi connectivity index (χ0) is 26.1. The number of rotatable bonds is 10. The van der Waals surface area contributed by atoms with Gasteiger partial charge in [0.05, 0.1) is 28.2 Å². The maximum atomic E-state index is 12.3. The molecule has 1 aliphatic rings. The van der Waals surface area contributed by atoms with E-state index in [-0.39, 0.29) is 34.3 Å². The summed E-state index contributed by atoms with van der Waals surface area (Å²) < 4.78 is 30.8. The van der Waals surface area contributed by atoms with Crippen LogP contribution in [0.4, 0.5) is 5.69 Å². The predicted octanol–water partition coefficient (Wildman–Crippen LogP) is 3.74. The molecule has 0 heterocycles. The number of nitrogens with zero attached hydrogens (tertiary/aromatic N) is 2. The highest BCUT2D eigenvalue weighted by Crippen LogP contribution is 2.33. The Labute approximate surface area is 220 Å². The Kier molecular flexibility index (Phi) is 9.98. The molecule has 36 heavy (non-hydrogen) atoms. The normalized spacial score (nSPS) is 14.4. The van der Waals surface area contributed by atoms with Gasteiger partial charge in [-0.1, -0.05) is 48.5 Å². The number of amides is 2. The molecule has 0 bridgehead atoms. The standard InChI is InChI=1S/C24H28Cl2N4O5S/c1-36(33,34)30(21-9-5-8-20(25)24(21)26)15-22(31)29-27-14-17-10-12-19(13-11-17)35-16-23(32)28-18-6-3-2-4-7-18/h5,8-14,18H,2-4,6-7,15-16H2,1H3,(H,28,32)(H,29,31)/b27-14+. The summed E-state index contributed by atoms with van der Waals surface area (Å²) in [5.74, 6) is -0.286. The number of hydrazone groups is 1. The summed E-state index contributed by atoms with van der Waals surface area (Å²) in [6, 6.07) is 11.5. The molecule has 0 unspecified atom stereocenters. The largest absolute Gasteiger partial charge is 0.484 e. The van der Waals surface area contributed by atoms with Crippen LogP contribution in [0.25, 0.3) is 0 Å². The number of sulfonamides is 1. The second-order valence-corrected chi connectivity index (χ2v) is 11.1. The van der Waals surface area contributed by atoms with Crippen LogP contribution in [0.15, 0.2) is 47.6 Å². The summed E-state index contributed by atoms with van der Waals surface area (Å²) in [5.41, 5.74) is 3.05. The molecule has 1 saturated carbocycles. The van der Waals surface area contributed by atoms with Crippen molar-refractivity contribution < 1.29 is 22.7 Å². The fourth-order valence-electron chi connectivity index (χ4n) is 3.73. The first-order valence-corrected chi connectivity index (χ1v) is 14.0. The molecule has 3 rings (SSSR count). The molecule has 0 saturated heterocycles. The number of benzene rings is 2. The third-order valence-electron chi connectivity index (χ3n) is 5.51. The van der Waals surface area contributed by atoms with Crippen LogP contribution >= 0.6 is 23.2 Å². The van der Waals surface area contributed by atoms with Crippen molar-refractivity contribution in [1.82, 2.24) is 10.7 Å². The molecule has 2 aromatic rings. The van der Waals surface area contributed by atoms with Crippen LogP contribution in [0, 0.1) is 0 Å². The molecule has 1 aliphatic carbocycles. The second-order valence-electron chi connectivity index (χ2n) is 8.40. The van der Waals surface area contributed by atoms with Crippen LogP contribution in [0.5, 0.6) is 5.75 Å². The fraction of sp³-hybridized carbons (Fsp3) is 0.375. The van der Waals surface area contributed by atoms with Gasteiger partial charge in [0.1, 0.15) is 12.3 Å². The van der Waals surface area contributed by atoms with Crippen LogP contribution in [-0.2, 0) is 19.6 Å². The number of nitrogens with one attached hydrogen (secondary N) is 2. The van der Waals surface area contributed by atoms with E-state index in [9.17, 15) is 18.0 Å². The first kappa shape index (κ1) is 27.8. The van der Waals surface area contributed by atoms with Gasteiger partial charge in [0.25, 0.3) is 11.8 Å². The summed E-state index contributed by atoms with van der Waals surface area (Å²) in [4.78, 5) is 24.4. The van der Waals surface area contributed by atoms with Gasteiger partial charge in [-0.2, -0.15) is 5.10 Å². The van der Waals surface area contributed by atoms with Crippen molar-refractivity contribution in [3.05, 3.63) is 58.1 Å². The molecule has 0 atom stereocenters. The SMILES string of the molecule is CS(=O)(=O)N(CC(=O)N/N=C/c1ccc(OCC(=O)NC2CCCCC2)cc1)c1cccc(Cl)c1Cl. The molecular weight excluding hydrogens is 527 g/mol. The molecular formula is C24H28Cl2N4O5S. The van der Waals surface area contributed by atoms with Crippen molar-refractivity contribution in [2.24, 2.45) is 5.10 Å². The Morgan fingerprint density at radius 2 is 1.78 bits per heavy atom. The van der Waals surface area contributed by atoms with Crippen molar-refractivity contribution in [2.75, 3.05) is 23.7 Å². The number of hydrogen-bond acceptors (Lipinski definition) is 6. The Bertz CT molecular complexity index is 1200. The number of carbonyl (C=O) groups excluding carboxylic acids is 2. The molecule has 0 radical (unpaired) electrons. The highest BCUT2D eigenvalue weighted by Gasteiger charge is 2.23. The van der Waals surface area contributed by atoms with E-state index in [0.717, 1.165) is 36.2 Å². The maximum Gasteiger partial charge on any atom is 0.260 e. The van der Waals surface area contributed by atoms with Crippen molar-refractivity contribution in [1.29, 1.82) is 0 Å². The van der Waals surface area contributed by atoms with Gasteiger partial charge in [0, 0.05) is 6.04 Å². The van der Waals surface area contributed by atoms with E-state index < -0.39 is 22.5 Å². The van der Waals surface area contributed by atoms with E-state index >= 15 is 0 Å². The van der Waals surface area contributed by atoms with Gasteiger partial charge in [-0.25, -0.2) is 13.8 Å². The lowest BCUT2D eigenvalue weighted by atomic mass is 9.95. The quantitative estimate of drug-likeness (QED) is 0.342. The van der Waals surface area contributed by atoms with Gasteiger partial charge in [-0.15, -0.1) is 0 Å². The van der Waals surface area contributed by atoms with E-state index in [0.29, 0.717) is 11.3 Å². The Balaban J connectivity index is 1.49. The van der Waals surface area contributed by atoms with E-state index in [4.69, 9.17) is 27.9 Å². The lowest BCUT2D eigenvalue weighted by Crippen LogP contribution is -2.39. The number of halogens is 2. The molecule has 2 aromatic carbocycles. The topological polar surface area (TPSA) is 117 Å². The first-order valence-electron chi connectivity index (χ1n) is 11.4.